The van der Waals surface area contributed by atoms with Crippen molar-refractivity contribution in [3.05, 3.63) is 45.7 Å². The molecule has 0 heterocycles. The van der Waals surface area contributed by atoms with Gasteiger partial charge in [0.25, 0.3) is 0 Å². The molecular formula is C16H21BrFN. The summed E-state index contributed by atoms with van der Waals surface area (Å²) >= 11 is 3.27. The summed E-state index contributed by atoms with van der Waals surface area (Å²) in [5, 5.41) is 3.41. The fourth-order valence-electron chi connectivity index (χ4n) is 2.68. The van der Waals surface area contributed by atoms with Crippen molar-refractivity contribution in [1.29, 1.82) is 0 Å². The Morgan fingerprint density at radius 3 is 2.89 bits per heavy atom. The van der Waals surface area contributed by atoms with Crippen molar-refractivity contribution in [3.8, 4) is 0 Å². The maximum atomic E-state index is 14.2. The number of hydrogen-bond donors (Lipinski definition) is 1. The number of halogens is 2. The van der Waals surface area contributed by atoms with Crippen molar-refractivity contribution in [1.82, 2.24) is 5.32 Å². The third kappa shape index (κ3) is 3.90. The predicted octanol–water partition coefficient (Wildman–Crippen LogP) is 5.13. The van der Waals surface area contributed by atoms with E-state index in [1.807, 2.05) is 12.1 Å². The van der Waals surface area contributed by atoms with Gasteiger partial charge in [0.2, 0.25) is 0 Å². The van der Waals surface area contributed by atoms with Crippen LogP contribution in [0.2, 0.25) is 0 Å². The van der Waals surface area contributed by atoms with Gasteiger partial charge in [-0.3, -0.25) is 0 Å². The first-order valence-corrected chi connectivity index (χ1v) is 7.87. The van der Waals surface area contributed by atoms with E-state index in [1.54, 1.807) is 6.07 Å². The average molecular weight is 326 g/mol. The topological polar surface area (TPSA) is 12.0 Å². The summed E-state index contributed by atoms with van der Waals surface area (Å²) < 4.78 is 14.8. The van der Waals surface area contributed by atoms with E-state index in [-0.39, 0.29) is 11.9 Å². The van der Waals surface area contributed by atoms with Gasteiger partial charge in [0.1, 0.15) is 5.82 Å². The molecule has 1 aromatic rings. The molecule has 1 atom stereocenters. The average Bonchev–Trinajstić information content (AvgIpc) is 2.43. The second kappa shape index (κ2) is 7.20. The number of benzene rings is 1. The van der Waals surface area contributed by atoms with Crippen LogP contribution in [0.3, 0.4) is 0 Å². The summed E-state index contributed by atoms with van der Waals surface area (Å²) in [4.78, 5) is 0. The lowest BCUT2D eigenvalue weighted by Gasteiger charge is -2.22. The second-order valence-corrected chi connectivity index (χ2v) is 5.92. The minimum Gasteiger partial charge on any atom is -0.310 e. The van der Waals surface area contributed by atoms with Crippen molar-refractivity contribution in [3.63, 3.8) is 0 Å². The Hall–Kier alpha value is -0.670. The molecule has 104 valence electrons. The van der Waals surface area contributed by atoms with E-state index in [0.29, 0.717) is 4.47 Å². The molecule has 3 heteroatoms. The maximum absolute atomic E-state index is 14.2. The molecule has 0 aromatic heterocycles. The lowest BCUT2D eigenvalue weighted by molar-refractivity contribution is 0.495. The maximum Gasteiger partial charge on any atom is 0.142 e. The highest BCUT2D eigenvalue weighted by atomic mass is 79.9. The van der Waals surface area contributed by atoms with Crippen LogP contribution >= 0.6 is 15.9 Å². The molecule has 1 unspecified atom stereocenters. The lowest BCUT2D eigenvalue weighted by atomic mass is 9.91. The molecule has 0 fully saturated rings. The summed E-state index contributed by atoms with van der Waals surface area (Å²) in [7, 11) is 0. The fourth-order valence-corrected chi connectivity index (χ4v) is 3.06. The fraction of sp³-hybridized carbons (Fsp3) is 0.500. The molecule has 1 aromatic carbocycles. The Morgan fingerprint density at radius 2 is 2.21 bits per heavy atom. The van der Waals surface area contributed by atoms with Crippen molar-refractivity contribution >= 4 is 15.9 Å². The Labute approximate surface area is 123 Å². The van der Waals surface area contributed by atoms with Gasteiger partial charge in [-0.25, -0.2) is 4.39 Å². The van der Waals surface area contributed by atoms with Gasteiger partial charge in [-0.2, -0.15) is 0 Å². The zero-order chi connectivity index (χ0) is 13.7. The number of allylic oxidation sites excluding steroid dienone is 1. The summed E-state index contributed by atoms with van der Waals surface area (Å²) in [6.07, 6.45) is 8.16. The van der Waals surface area contributed by atoms with Gasteiger partial charge in [-0.05, 0) is 60.6 Å². The van der Waals surface area contributed by atoms with Gasteiger partial charge < -0.3 is 5.32 Å². The minimum absolute atomic E-state index is 0.0758. The summed E-state index contributed by atoms with van der Waals surface area (Å²) in [6.45, 7) is 2.92. The molecule has 0 amide bonds. The summed E-state index contributed by atoms with van der Waals surface area (Å²) in [5.74, 6) is -0.134. The van der Waals surface area contributed by atoms with E-state index in [4.69, 9.17) is 0 Å². The van der Waals surface area contributed by atoms with E-state index in [0.717, 1.165) is 24.9 Å². The Balaban J connectivity index is 2.19. The van der Waals surface area contributed by atoms with Crippen LogP contribution < -0.4 is 5.32 Å². The number of hydrogen-bond acceptors (Lipinski definition) is 1. The van der Waals surface area contributed by atoms with E-state index in [9.17, 15) is 4.39 Å². The van der Waals surface area contributed by atoms with Gasteiger partial charge in [0, 0.05) is 11.6 Å². The van der Waals surface area contributed by atoms with Gasteiger partial charge in [0.05, 0.1) is 4.47 Å². The highest BCUT2D eigenvalue weighted by Gasteiger charge is 2.18. The molecule has 19 heavy (non-hydrogen) atoms. The van der Waals surface area contributed by atoms with Crippen LogP contribution in [0.4, 0.5) is 4.39 Å². The van der Waals surface area contributed by atoms with Gasteiger partial charge in [0.15, 0.2) is 0 Å². The van der Waals surface area contributed by atoms with Crippen LogP contribution in [-0.2, 0) is 0 Å². The second-order valence-electron chi connectivity index (χ2n) is 5.07. The Morgan fingerprint density at radius 1 is 1.37 bits per heavy atom. The molecule has 1 nitrogen and oxygen atoms in total. The first-order chi connectivity index (χ1) is 9.22. The van der Waals surface area contributed by atoms with E-state index in [2.05, 4.69) is 34.2 Å². The standard InChI is InChI=1S/C16H21BrFN/c1-2-19-15(11-12-7-4-3-5-8-12)13-9-6-10-14(17)16(13)18/h6-7,9-10,15,19H,2-5,8,11H2,1H3. The molecule has 0 saturated carbocycles. The van der Waals surface area contributed by atoms with Crippen molar-refractivity contribution in [2.24, 2.45) is 0 Å². The predicted molar refractivity (Wildman–Crippen MR) is 81.7 cm³/mol. The summed E-state index contributed by atoms with van der Waals surface area (Å²) in [6, 6.07) is 5.62. The molecule has 0 aliphatic heterocycles. The zero-order valence-electron chi connectivity index (χ0n) is 11.4. The van der Waals surface area contributed by atoms with Crippen LogP contribution in [0.5, 0.6) is 0 Å². The zero-order valence-corrected chi connectivity index (χ0v) is 13.0. The number of rotatable bonds is 5. The molecule has 0 saturated heterocycles. The normalized spacial score (nSPS) is 17.1. The largest absolute Gasteiger partial charge is 0.310 e. The van der Waals surface area contributed by atoms with Crippen LogP contribution in [0, 0.1) is 5.82 Å². The van der Waals surface area contributed by atoms with Crippen LogP contribution in [0.15, 0.2) is 34.3 Å². The van der Waals surface area contributed by atoms with Gasteiger partial charge >= 0.3 is 0 Å². The van der Waals surface area contributed by atoms with E-state index in [1.165, 1.54) is 24.8 Å². The lowest BCUT2D eigenvalue weighted by Crippen LogP contribution is -2.23. The molecule has 1 N–H and O–H groups in total. The highest BCUT2D eigenvalue weighted by Crippen LogP contribution is 2.31. The first kappa shape index (κ1) is 14.7. The third-order valence-electron chi connectivity index (χ3n) is 3.66. The first-order valence-electron chi connectivity index (χ1n) is 7.07. The molecule has 0 bridgehead atoms. The summed E-state index contributed by atoms with van der Waals surface area (Å²) in [5.41, 5.74) is 2.24. The number of nitrogens with one attached hydrogen (secondary N) is 1. The molecular weight excluding hydrogens is 305 g/mol. The smallest absolute Gasteiger partial charge is 0.142 e. The van der Waals surface area contributed by atoms with Gasteiger partial charge in [-0.1, -0.05) is 30.7 Å². The molecule has 0 spiro atoms. The molecule has 2 rings (SSSR count). The molecule has 1 aliphatic rings. The molecule has 1 aliphatic carbocycles. The monoisotopic (exact) mass is 325 g/mol. The van der Waals surface area contributed by atoms with Crippen molar-refractivity contribution in [2.45, 2.75) is 45.1 Å². The van der Waals surface area contributed by atoms with E-state index < -0.39 is 0 Å². The van der Waals surface area contributed by atoms with Crippen molar-refractivity contribution < 1.29 is 4.39 Å². The quantitative estimate of drug-likeness (QED) is 0.740. The van der Waals surface area contributed by atoms with Gasteiger partial charge in [-0.15, -0.1) is 0 Å². The third-order valence-corrected chi connectivity index (χ3v) is 4.27. The van der Waals surface area contributed by atoms with Crippen molar-refractivity contribution in [2.75, 3.05) is 6.54 Å². The van der Waals surface area contributed by atoms with E-state index >= 15 is 0 Å². The highest BCUT2D eigenvalue weighted by molar-refractivity contribution is 9.10. The Kier molecular flexibility index (Phi) is 5.59. The van der Waals surface area contributed by atoms with Crippen LogP contribution in [0.25, 0.3) is 0 Å². The Bertz CT molecular complexity index is 456. The van der Waals surface area contributed by atoms with Crippen LogP contribution in [-0.4, -0.2) is 6.54 Å². The minimum atomic E-state index is -0.134. The van der Waals surface area contributed by atoms with Crippen LogP contribution in [0.1, 0.15) is 50.6 Å². The SMILES string of the molecule is CCNC(CC1=CCCCC1)c1cccc(Br)c1F. The molecule has 0 radical (unpaired) electrons.